The molecule has 0 fully saturated rings. The van der Waals surface area contributed by atoms with Crippen molar-refractivity contribution in [3.05, 3.63) is 26.6 Å². The fourth-order valence-corrected chi connectivity index (χ4v) is 2.09. The molecule has 7 heteroatoms. The summed E-state index contributed by atoms with van der Waals surface area (Å²) in [7, 11) is 0. The SMILES string of the molecule is N#Cc1cc(Br)c(O)c(Br)c1.OC1=NC=NC1. The number of aliphatic hydroxyl groups excluding tert-OH is 1. The van der Waals surface area contributed by atoms with Crippen LogP contribution in [0.5, 0.6) is 5.75 Å². The van der Waals surface area contributed by atoms with Crippen molar-refractivity contribution in [1.82, 2.24) is 0 Å². The summed E-state index contributed by atoms with van der Waals surface area (Å²) in [6.07, 6.45) is 1.34. The Balaban J connectivity index is 0.000000202. The second kappa shape index (κ2) is 6.37. The maximum absolute atomic E-state index is 9.22. The van der Waals surface area contributed by atoms with Crippen molar-refractivity contribution in [3.63, 3.8) is 0 Å². The van der Waals surface area contributed by atoms with Gasteiger partial charge in [-0.15, -0.1) is 0 Å². The highest BCUT2D eigenvalue weighted by Crippen LogP contribution is 2.32. The van der Waals surface area contributed by atoms with Gasteiger partial charge in [-0.2, -0.15) is 5.26 Å². The predicted molar refractivity (Wildman–Crippen MR) is 71.6 cm³/mol. The third-order valence-electron chi connectivity index (χ3n) is 1.67. The Morgan fingerprint density at radius 1 is 1.24 bits per heavy atom. The number of phenolic OH excluding ortho intramolecular Hbond substituents is 1. The summed E-state index contributed by atoms with van der Waals surface area (Å²) in [4.78, 5) is 7.00. The lowest BCUT2D eigenvalue weighted by Crippen LogP contribution is -1.93. The van der Waals surface area contributed by atoms with Crippen molar-refractivity contribution >= 4 is 44.1 Å². The first kappa shape index (κ1) is 13.7. The fourth-order valence-electron chi connectivity index (χ4n) is 0.901. The zero-order valence-corrected chi connectivity index (χ0v) is 11.6. The van der Waals surface area contributed by atoms with Crippen molar-refractivity contribution in [2.45, 2.75) is 0 Å². The van der Waals surface area contributed by atoms with Crippen LogP contribution in [0.1, 0.15) is 5.56 Å². The Bertz CT molecular complexity index is 498. The number of aliphatic imine (C=N–C) groups is 2. The molecule has 1 aliphatic rings. The number of aromatic hydroxyl groups is 1. The molecule has 0 bridgehead atoms. The maximum atomic E-state index is 9.22. The molecule has 1 aromatic carbocycles. The molecule has 2 rings (SSSR count). The summed E-state index contributed by atoms with van der Waals surface area (Å²) in [6.45, 7) is 0.361. The number of hydrogen-bond donors (Lipinski definition) is 2. The van der Waals surface area contributed by atoms with Gasteiger partial charge in [0.15, 0.2) is 0 Å². The van der Waals surface area contributed by atoms with Gasteiger partial charge in [0.05, 0.1) is 20.6 Å². The van der Waals surface area contributed by atoms with Crippen LogP contribution in [0.15, 0.2) is 31.1 Å². The van der Waals surface area contributed by atoms with E-state index < -0.39 is 0 Å². The molecule has 88 valence electrons. The first-order valence-corrected chi connectivity index (χ1v) is 5.95. The largest absolute Gasteiger partial charge is 0.506 e. The molecule has 1 heterocycles. The van der Waals surface area contributed by atoms with E-state index in [0.717, 1.165) is 0 Å². The molecule has 0 saturated carbocycles. The van der Waals surface area contributed by atoms with E-state index in [1.165, 1.54) is 6.34 Å². The predicted octanol–water partition coefficient (Wildman–Crippen LogP) is 2.77. The number of nitrogens with zero attached hydrogens (tertiary/aromatic N) is 3. The number of halogens is 2. The second-order valence-corrected chi connectivity index (χ2v) is 4.61. The van der Waals surface area contributed by atoms with Crippen LogP contribution in [-0.4, -0.2) is 29.0 Å². The fraction of sp³-hybridized carbons (Fsp3) is 0.100. The average molecular weight is 361 g/mol. The lowest BCUT2D eigenvalue weighted by atomic mass is 10.2. The number of rotatable bonds is 0. The van der Waals surface area contributed by atoms with Gasteiger partial charge in [-0.25, -0.2) is 4.99 Å². The summed E-state index contributed by atoms with van der Waals surface area (Å²) in [5.41, 5.74) is 0.501. The van der Waals surface area contributed by atoms with E-state index in [1.807, 2.05) is 6.07 Å². The van der Waals surface area contributed by atoms with Crippen LogP contribution in [-0.2, 0) is 0 Å². The van der Waals surface area contributed by atoms with Gasteiger partial charge >= 0.3 is 0 Å². The third kappa shape index (κ3) is 4.17. The van der Waals surface area contributed by atoms with Gasteiger partial charge in [0.2, 0.25) is 5.90 Å². The molecule has 5 nitrogen and oxygen atoms in total. The Hall–Kier alpha value is -1.39. The number of benzene rings is 1. The topological polar surface area (TPSA) is 89.0 Å². The summed E-state index contributed by atoms with van der Waals surface area (Å²) >= 11 is 6.21. The minimum atomic E-state index is 0.106. The van der Waals surface area contributed by atoms with Gasteiger partial charge < -0.3 is 10.2 Å². The van der Waals surface area contributed by atoms with Crippen molar-refractivity contribution in [2.75, 3.05) is 6.54 Å². The van der Waals surface area contributed by atoms with E-state index in [0.29, 0.717) is 21.1 Å². The molecule has 0 amide bonds. The number of aliphatic hydroxyl groups is 1. The van der Waals surface area contributed by atoms with Crippen LogP contribution < -0.4 is 0 Å². The molecule has 0 aromatic heterocycles. The monoisotopic (exact) mass is 359 g/mol. The zero-order valence-electron chi connectivity index (χ0n) is 8.43. The van der Waals surface area contributed by atoms with E-state index in [2.05, 4.69) is 41.8 Å². The van der Waals surface area contributed by atoms with Crippen molar-refractivity contribution in [3.8, 4) is 11.8 Å². The minimum Gasteiger partial charge on any atom is -0.506 e. The van der Waals surface area contributed by atoms with Gasteiger partial charge in [0, 0.05) is 0 Å². The number of nitriles is 1. The van der Waals surface area contributed by atoms with E-state index >= 15 is 0 Å². The lowest BCUT2D eigenvalue weighted by Gasteiger charge is -1.99. The molecular formula is C10H7Br2N3O2. The molecule has 0 atom stereocenters. The summed E-state index contributed by atoms with van der Waals surface area (Å²) in [5, 5.41) is 26.1. The highest BCUT2D eigenvalue weighted by Gasteiger charge is 2.04. The number of phenols is 1. The third-order valence-corrected chi connectivity index (χ3v) is 2.88. The molecule has 0 saturated heterocycles. The molecule has 0 aliphatic carbocycles. The standard InChI is InChI=1S/C7H3Br2NO.C3H4N2O/c8-5-1-4(3-10)2-6(9)7(5)11;6-3-1-4-2-5-3/h1-2,11H;2H,1H2,(H,4,5,6). The lowest BCUT2D eigenvalue weighted by molar-refractivity contribution is 0.468. The molecule has 0 unspecified atom stereocenters. The summed E-state index contributed by atoms with van der Waals surface area (Å²) in [6, 6.07) is 5.08. The van der Waals surface area contributed by atoms with E-state index in [1.54, 1.807) is 12.1 Å². The Labute approximate surface area is 114 Å². The highest BCUT2D eigenvalue weighted by atomic mass is 79.9. The van der Waals surface area contributed by atoms with E-state index in [4.69, 9.17) is 10.4 Å². The quantitative estimate of drug-likeness (QED) is 0.745. The van der Waals surface area contributed by atoms with Crippen molar-refractivity contribution in [2.24, 2.45) is 9.98 Å². The molecular weight excluding hydrogens is 354 g/mol. The Morgan fingerprint density at radius 2 is 1.82 bits per heavy atom. The van der Waals surface area contributed by atoms with Crippen LogP contribution >= 0.6 is 31.9 Å². The van der Waals surface area contributed by atoms with Crippen LogP contribution in [0, 0.1) is 11.3 Å². The van der Waals surface area contributed by atoms with Crippen LogP contribution in [0.25, 0.3) is 0 Å². The van der Waals surface area contributed by atoms with Crippen molar-refractivity contribution in [1.29, 1.82) is 5.26 Å². The first-order chi connectivity index (χ1) is 8.04. The molecule has 1 aliphatic heterocycles. The van der Waals surface area contributed by atoms with Gasteiger partial charge in [-0.3, -0.25) is 4.99 Å². The first-order valence-electron chi connectivity index (χ1n) is 4.36. The highest BCUT2D eigenvalue weighted by molar-refractivity contribution is 9.11. The van der Waals surface area contributed by atoms with Gasteiger partial charge in [-0.1, -0.05) is 0 Å². The zero-order chi connectivity index (χ0) is 12.8. The molecule has 1 aromatic rings. The minimum absolute atomic E-state index is 0.106. The smallest absolute Gasteiger partial charge is 0.209 e. The number of hydrogen-bond acceptors (Lipinski definition) is 4. The Kier molecular flexibility index (Phi) is 5.12. The van der Waals surface area contributed by atoms with Gasteiger partial charge in [0.25, 0.3) is 0 Å². The van der Waals surface area contributed by atoms with Gasteiger partial charge in [-0.05, 0) is 44.0 Å². The maximum Gasteiger partial charge on any atom is 0.209 e. The molecule has 0 spiro atoms. The average Bonchev–Trinajstić information content (AvgIpc) is 2.77. The van der Waals surface area contributed by atoms with E-state index in [9.17, 15) is 5.11 Å². The summed E-state index contributed by atoms with van der Waals surface area (Å²) in [5.74, 6) is 0.221. The molecule has 17 heavy (non-hydrogen) atoms. The molecule has 2 N–H and O–H groups in total. The van der Waals surface area contributed by atoms with E-state index in [-0.39, 0.29) is 11.6 Å². The Morgan fingerprint density at radius 3 is 2.12 bits per heavy atom. The van der Waals surface area contributed by atoms with Crippen LogP contribution in [0.4, 0.5) is 0 Å². The molecule has 0 radical (unpaired) electrons. The summed E-state index contributed by atoms with van der Waals surface area (Å²) < 4.78 is 1.03. The second-order valence-electron chi connectivity index (χ2n) is 2.90. The van der Waals surface area contributed by atoms with Crippen LogP contribution in [0.2, 0.25) is 0 Å². The van der Waals surface area contributed by atoms with Crippen molar-refractivity contribution < 1.29 is 10.2 Å². The van der Waals surface area contributed by atoms with Gasteiger partial charge in [0.1, 0.15) is 18.6 Å². The normalized spacial score (nSPS) is 12.4. The van der Waals surface area contributed by atoms with Crippen LogP contribution in [0.3, 0.4) is 0 Å².